The zero-order valence-electron chi connectivity index (χ0n) is 8.81. The van der Waals surface area contributed by atoms with Gasteiger partial charge >= 0.3 is 0 Å². The Kier molecular flexibility index (Phi) is 2.47. The molecule has 2 heterocycles. The number of hydrogen-bond acceptors (Lipinski definition) is 4. The van der Waals surface area contributed by atoms with Gasteiger partial charge in [0, 0.05) is 24.5 Å². The molecule has 0 bridgehead atoms. The van der Waals surface area contributed by atoms with E-state index in [1.54, 1.807) is 12.5 Å². The van der Waals surface area contributed by atoms with E-state index in [9.17, 15) is 0 Å². The Morgan fingerprint density at radius 1 is 1.33 bits per heavy atom. The Morgan fingerprint density at radius 2 is 2.13 bits per heavy atom. The van der Waals surface area contributed by atoms with E-state index >= 15 is 0 Å². The lowest BCUT2D eigenvalue weighted by Crippen LogP contribution is -2.11. The minimum atomic E-state index is 0.454. The third-order valence-electron chi connectivity index (χ3n) is 2.51. The lowest BCUT2D eigenvalue weighted by molar-refractivity contribution is 0.838. The number of hydrogen-bond donors (Lipinski definition) is 1. The van der Waals surface area contributed by atoms with Gasteiger partial charge in [-0.2, -0.15) is 5.10 Å². The predicted molar refractivity (Wildman–Crippen MR) is 56.5 cm³/mol. The normalized spacial score (nSPS) is 10.6. The molecular weight excluding hydrogens is 190 g/mol. The highest BCUT2D eigenvalue weighted by Crippen LogP contribution is 2.16. The quantitative estimate of drug-likeness (QED) is 0.781. The highest BCUT2D eigenvalue weighted by atomic mass is 15.2. The number of nitrogens with zero attached hydrogens (tertiary/aromatic N) is 4. The van der Waals surface area contributed by atoms with Gasteiger partial charge in [0.25, 0.3) is 0 Å². The Balaban J connectivity index is 2.62. The number of imidazole rings is 1. The van der Waals surface area contributed by atoms with E-state index in [1.807, 2.05) is 24.6 Å². The van der Waals surface area contributed by atoms with E-state index in [4.69, 9.17) is 5.73 Å². The summed E-state index contributed by atoms with van der Waals surface area (Å²) in [6.07, 6.45) is 5.23. The second kappa shape index (κ2) is 3.78. The van der Waals surface area contributed by atoms with Crippen LogP contribution in [0, 0.1) is 13.8 Å². The van der Waals surface area contributed by atoms with Crippen molar-refractivity contribution >= 4 is 0 Å². The summed E-state index contributed by atoms with van der Waals surface area (Å²) in [5.41, 5.74) is 8.75. The minimum Gasteiger partial charge on any atom is -0.326 e. The molecule has 0 aliphatic heterocycles. The molecular formula is C10H13N5. The van der Waals surface area contributed by atoms with E-state index in [0.717, 1.165) is 22.6 Å². The fraction of sp³-hybridized carbons (Fsp3) is 0.300. The summed E-state index contributed by atoms with van der Waals surface area (Å²) in [5, 5.41) is 8.23. The lowest BCUT2D eigenvalue weighted by atomic mass is 10.1. The highest BCUT2D eigenvalue weighted by molar-refractivity contribution is 5.40. The molecule has 2 aromatic rings. The van der Waals surface area contributed by atoms with Gasteiger partial charge in [-0.15, -0.1) is 5.10 Å². The zero-order chi connectivity index (χ0) is 10.8. The van der Waals surface area contributed by atoms with Crippen LogP contribution in [0.5, 0.6) is 0 Å². The average molecular weight is 203 g/mol. The van der Waals surface area contributed by atoms with Gasteiger partial charge in [0.15, 0.2) is 5.82 Å². The van der Waals surface area contributed by atoms with Crippen molar-refractivity contribution in [1.82, 2.24) is 19.7 Å². The van der Waals surface area contributed by atoms with Crippen LogP contribution in [0.3, 0.4) is 0 Å². The van der Waals surface area contributed by atoms with Crippen molar-refractivity contribution in [3.63, 3.8) is 0 Å². The summed E-state index contributed by atoms with van der Waals surface area (Å²) in [6, 6.07) is 0. The van der Waals surface area contributed by atoms with Crippen molar-refractivity contribution in [2.45, 2.75) is 20.4 Å². The van der Waals surface area contributed by atoms with Crippen LogP contribution in [-0.4, -0.2) is 19.7 Å². The van der Waals surface area contributed by atoms with E-state index in [0.29, 0.717) is 6.54 Å². The zero-order valence-corrected chi connectivity index (χ0v) is 8.81. The van der Waals surface area contributed by atoms with Crippen molar-refractivity contribution in [2.75, 3.05) is 0 Å². The molecule has 0 spiro atoms. The molecule has 0 fully saturated rings. The molecule has 2 N–H and O–H groups in total. The molecule has 0 aliphatic carbocycles. The molecule has 0 unspecified atom stereocenters. The molecule has 0 aliphatic rings. The number of aryl methyl sites for hydroxylation is 1. The van der Waals surface area contributed by atoms with Gasteiger partial charge in [0.05, 0.1) is 5.69 Å². The van der Waals surface area contributed by atoms with Crippen LogP contribution in [0.1, 0.15) is 16.8 Å². The third-order valence-corrected chi connectivity index (χ3v) is 2.51. The molecule has 0 amide bonds. The van der Waals surface area contributed by atoms with Crippen LogP contribution in [0.15, 0.2) is 18.7 Å². The molecule has 0 radical (unpaired) electrons. The largest absolute Gasteiger partial charge is 0.326 e. The summed E-state index contributed by atoms with van der Waals surface area (Å²) >= 11 is 0. The Morgan fingerprint density at radius 3 is 2.73 bits per heavy atom. The molecule has 5 nitrogen and oxygen atoms in total. The lowest BCUT2D eigenvalue weighted by Gasteiger charge is -2.10. The predicted octanol–water partition coefficient (Wildman–Crippen LogP) is 0.738. The van der Waals surface area contributed by atoms with Gasteiger partial charge < -0.3 is 5.73 Å². The van der Waals surface area contributed by atoms with Gasteiger partial charge in [0.2, 0.25) is 0 Å². The van der Waals surface area contributed by atoms with Gasteiger partial charge in [-0.05, 0) is 19.4 Å². The maximum atomic E-state index is 5.72. The van der Waals surface area contributed by atoms with Crippen molar-refractivity contribution in [2.24, 2.45) is 5.73 Å². The first-order valence-corrected chi connectivity index (χ1v) is 4.75. The van der Waals surface area contributed by atoms with Gasteiger partial charge in [-0.1, -0.05) is 0 Å². The number of aromatic nitrogens is 4. The van der Waals surface area contributed by atoms with Crippen LogP contribution in [0.25, 0.3) is 5.82 Å². The van der Waals surface area contributed by atoms with Gasteiger partial charge in [-0.3, -0.25) is 4.57 Å². The second-order valence-corrected chi connectivity index (χ2v) is 3.39. The molecule has 0 saturated carbocycles. The fourth-order valence-electron chi connectivity index (χ4n) is 1.48. The Hall–Kier alpha value is -1.75. The molecule has 78 valence electrons. The van der Waals surface area contributed by atoms with E-state index in [1.165, 1.54) is 0 Å². The minimum absolute atomic E-state index is 0.454. The molecule has 0 atom stereocenters. The smallest absolute Gasteiger partial charge is 0.165 e. The standard InChI is InChI=1S/C10H13N5/c1-7-8(2)13-14-10(9(7)5-11)15-4-3-12-6-15/h3-4,6H,5,11H2,1-2H3. The van der Waals surface area contributed by atoms with Crippen LogP contribution in [-0.2, 0) is 6.54 Å². The number of nitrogens with two attached hydrogens (primary N) is 1. The first-order valence-electron chi connectivity index (χ1n) is 4.75. The van der Waals surface area contributed by atoms with Crippen LogP contribution >= 0.6 is 0 Å². The molecule has 15 heavy (non-hydrogen) atoms. The SMILES string of the molecule is Cc1nnc(-n2ccnc2)c(CN)c1C. The first kappa shape index (κ1) is 9.79. The maximum absolute atomic E-state index is 5.72. The summed E-state index contributed by atoms with van der Waals surface area (Å²) in [4.78, 5) is 3.98. The Labute approximate surface area is 88.0 Å². The van der Waals surface area contributed by atoms with Gasteiger partial charge in [-0.25, -0.2) is 4.98 Å². The molecule has 2 rings (SSSR count). The Bertz CT molecular complexity index is 461. The summed E-state index contributed by atoms with van der Waals surface area (Å²) < 4.78 is 1.82. The van der Waals surface area contributed by atoms with Crippen molar-refractivity contribution in [3.05, 3.63) is 35.5 Å². The van der Waals surface area contributed by atoms with Crippen molar-refractivity contribution in [3.8, 4) is 5.82 Å². The first-order chi connectivity index (χ1) is 7.24. The van der Waals surface area contributed by atoms with Crippen molar-refractivity contribution < 1.29 is 0 Å². The van der Waals surface area contributed by atoms with Crippen LogP contribution in [0.4, 0.5) is 0 Å². The topological polar surface area (TPSA) is 69.6 Å². The molecule has 5 heteroatoms. The number of rotatable bonds is 2. The summed E-state index contributed by atoms with van der Waals surface area (Å²) in [5.74, 6) is 0.762. The third kappa shape index (κ3) is 1.61. The summed E-state index contributed by atoms with van der Waals surface area (Å²) in [7, 11) is 0. The van der Waals surface area contributed by atoms with E-state index in [-0.39, 0.29) is 0 Å². The molecule has 2 aromatic heterocycles. The van der Waals surface area contributed by atoms with E-state index in [2.05, 4.69) is 15.2 Å². The molecule has 0 saturated heterocycles. The fourth-order valence-corrected chi connectivity index (χ4v) is 1.48. The molecule has 0 aromatic carbocycles. The monoisotopic (exact) mass is 203 g/mol. The highest BCUT2D eigenvalue weighted by Gasteiger charge is 2.10. The van der Waals surface area contributed by atoms with Crippen LogP contribution in [0.2, 0.25) is 0 Å². The van der Waals surface area contributed by atoms with Crippen LogP contribution < -0.4 is 5.73 Å². The summed E-state index contributed by atoms with van der Waals surface area (Å²) in [6.45, 7) is 4.39. The van der Waals surface area contributed by atoms with E-state index < -0.39 is 0 Å². The maximum Gasteiger partial charge on any atom is 0.165 e. The van der Waals surface area contributed by atoms with Gasteiger partial charge in [0.1, 0.15) is 6.33 Å². The second-order valence-electron chi connectivity index (χ2n) is 3.39. The average Bonchev–Trinajstić information content (AvgIpc) is 2.75. The van der Waals surface area contributed by atoms with Crippen molar-refractivity contribution in [1.29, 1.82) is 0 Å².